The third-order valence-electron chi connectivity index (χ3n) is 5.11. The standard InChI is InChI=1S/C21H23FN2O4/c1-26-18-8-15(9-19-21(18)28-13-27-19)11-23-17-10-20(25)24(12-17)7-6-14-2-4-16(22)5-3-14/h2-5,8-9,17,23H,6-7,10-13H2,1H3/t17-/m1/s1. The molecule has 1 saturated heterocycles. The van der Waals surface area contributed by atoms with Crippen LogP contribution in [0.2, 0.25) is 0 Å². The second kappa shape index (κ2) is 8.06. The zero-order valence-corrected chi connectivity index (χ0v) is 15.7. The molecule has 0 aromatic heterocycles. The number of halogens is 1. The van der Waals surface area contributed by atoms with Gasteiger partial charge in [-0.3, -0.25) is 4.79 Å². The molecule has 0 saturated carbocycles. The molecule has 0 unspecified atom stereocenters. The van der Waals surface area contributed by atoms with Crippen LogP contribution in [0.3, 0.4) is 0 Å². The first-order valence-electron chi connectivity index (χ1n) is 9.34. The van der Waals surface area contributed by atoms with E-state index in [1.807, 2.05) is 17.0 Å². The summed E-state index contributed by atoms with van der Waals surface area (Å²) in [4.78, 5) is 14.2. The van der Waals surface area contributed by atoms with Crippen LogP contribution in [-0.4, -0.2) is 43.8 Å². The van der Waals surface area contributed by atoms with Crippen LogP contribution >= 0.6 is 0 Å². The van der Waals surface area contributed by atoms with E-state index < -0.39 is 0 Å². The van der Waals surface area contributed by atoms with Crippen LogP contribution < -0.4 is 19.5 Å². The van der Waals surface area contributed by atoms with Gasteiger partial charge in [0.15, 0.2) is 11.5 Å². The molecule has 0 aliphatic carbocycles. The molecule has 0 radical (unpaired) electrons. The fourth-order valence-electron chi connectivity index (χ4n) is 3.59. The molecule has 1 atom stereocenters. The van der Waals surface area contributed by atoms with Gasteiger partial charge in [-0.25, -0.2) is 4.39 Å². The Labute approximate surface area is 163 Å². The number of rotatable bonds is 7. The number of methoxy groups -OCH3 is 1. The topological polar surface area (TPSA) is 60.0 Å². The fourth-order valence-corrected chi connectivity index (χ4v) is 3.59. The number of fused-ring (bicyclic) bond motifs is 1. The number of carbonyl (C=O) groups excluding carboxylic acids is 1. The van der Waals surface area contributed by atoms with Crippen LogP contribution in [0.25, 0.3) is 0 Å². The van der Waals surface area contributed by atoms with Crippen LogP contribution in [0.1, 0.15) is 17.5 Å². The summed E-state index contributed by atoms with van der Waals surface area (Å²) in [5.41, 5.74) is 2.04. The van der Waals surface area contributed by atoms with Gasteiger partial charge < -0.3 is 24.4 Å². The smallest absolute Gasteiger partial charge is 0.231 e. The minimum Gasteiger partial charge on any atom is -0.493 e. The summed E-state index contributed by atoms with van der Waals surface area (Å²) in [6, 6.07) is 10.4. The Balaban J connectivity index is 1.30. The van der Waals surface area contributed by atoms with Crippen molar-refractivity contribution in [3.63, 3.8) is 0 Å². The number of hydrogen-bond donors (Lipinski definition) is 1. The summed E-state index contributed by atoms with van der Waals surface area (Å²) in [6.45, 7) is 2.11. The van der Waals surface area contributed by atoms with E-state index in [1.165, 1.54) is 12.1 Å². The SMILES string of the molecule is COc1cc(CN[C@@H]2CC(=O)N(CCc3ccc(F)cc3)C2)cc2c1OCO2. The zero-order chi connectivity index (χ0) is 19.5. The summed E-state index contributed by atoms with van der Waals surface area (Å²) in [5.74, 6) is 1.86. The maximum absolute atomic E-state index is 13.0. The normalized spacial score (nSPS) is 18.0. The lowest BCUT2D eigenvalue weighted by Crippen LogP contribution is -2.33. The Bertz CT molecular complexity index is 856. The van der Waals surface area contributed by atoms with E-state index in [9.17, 15) is 9.18 Å². The minimum atomic E-state index is -0.245. The van der Waals surface area contributed by atoms with Gasteiger partial charge in [0.1, 0.15) is 5.82 Å². The molecule has 1 amide bonds. The highest BCUT2D eigenvalue weighted by Gasteiger charge is 2.29. The molecule has 7 heteroatoms. The van der Waals surface area contributed by atoms with E-state index in [0.29, 0.717) is 43.3 Å². The Morgan fingerprint density at radius 1 is 1.21 bits per heavy atom. The number of carbonyl (C=O) groups is 1. The summed E-state index contributed by atoms with van der Waals surface area (Å²) in [7, 11) is 1.60. The quantitative estimate of drug-likeness (QED) is 0.792. The van der Waals surface area contributed by atoms with Crippen molar-refractivity contribution in [1.29, 1.82) is 0 Å². The third-order valence-corrected chi connectivity index (χ3v) is 5.11. The number of amides is 1. The molecule has 2 aliphatic rings. The van der Waals surface area contributed by atoms with Crippen molar-refractivity contribution in [3.05, 3.63) is 53.3 Å². The monoisotopic (exact) mass is 386 g/mol. The fraction of sp³-hybridized carbons (Fsp3) is 0.381. The highest BCUT2D eigenvalue weighted by atomic mass is 19.1. The largest absolute Gasteiger partial charge is 0.493 e. The van der Waals surface area contributed by atoms with E-state index >= 15 is 0 Å². The molecule has 148 valence electrons. The molecule has 0 spiro atoms. The molecule has 2 heterocycles. The number of likely N-dealkylation sites (tertiary alicyclic amines) is 1. The number of ether oxygens (including phenoxy) is 3. The van der Waals surface area contributed by atoms with Gasteiger partial charge in [0.2, 0.25) is 18.4 Å². The van der Waals surface area contributed by atoms with Gasteiger partial charge in [-0.2, -0.15) is 0 Å². The molecule has 6 nitrogen and oxygen atoms in total. The molecule has 28 heavy (non-hydrogen) atoms. The van der Waals surface area contributed by atoms with Crippen molar-refractivity contribution in [1.82, 2.24) is 10.2 Å². The van der Waals surface area contributed by atoms with Crippen LogP contribution in [0.4, 0.5) is 4.39 Å². The van der Waals surface area contributed by atoms with Gasteiger partial charge in [-0.1, -0.05) is 12.1 Å². The molecule has 4 rings (SSSR count). The Morgan fingerprint density at radius 2 is 2.04 bits per heavy atom. The minimum absolute atomic E-state index is 0.0946. The van der Waals surface area contributed by atoms with Crippen molar-refractivity contribution < 1.29 is 23.4 Å². The summed E-state index contributed by atoms with van der Waals surface area (Å²) in [6.07, 6.45) is 1.20. The number of benzene rings is 2. The molecular formula is C21H23FN2O4. The van der Waals surface area contributed by atoms with Crippen molar-refractivity contribution in [3.8, 4) is 17.2 Å². The molecule has 2 aromatic rings. The summed E-state index contributed by atoms with van der Waals surface area (Å²) < 4.78 is 29.2. The van der Waals surface area contributed by atoms with Gasteiger partial charge in [-0.15, -0.1) is 0 Å². The van der Waals surface area contributed by atoms with Crippen LogP contribution in [0, 0.1) is 5.82 Å². The Kier molecular flexibility index (Phi) is 5.34. The van der Waals surface area contributed by atoms with Crippen molar-refractivity contribution in [2.24, 2.45) is 0 Å². The van der Waals surface area contributed by atoms with Crippen LogP contribution in [0.15, 0.2) is 36.4 Å². The van der Waals surface area contributed by atoms with E-state index in [2.05, 4.69) is 5.32 Å². The first-order valence-corrected chi connectivity index (χ1v) is 9.34. The highest BCUT2D eigenvalue weighted by molar-refractivity contribution is 5.79. The molecule has 2 aliphatic heterocycles. The maximum atomic E-state index is 13.0. The first-order chi connectivity index (χ1) is 13.6. The second-order valence-corrected chi connectivity index (χ2v) is 7.03. The van der Waals surface area contributed by atoms with Gasteiger partial charge in [0.25, 0.3) is 0 Å². The molecular weight excluding hydrogens is 363 g/mol. The molecule has 1 N–H and O–H groups in total. The van der Waals surface area contributed by atoms with E-state index in [4.69, 9.17) is 14.2 Å². The predicted octanol–water partition coefficient (Wildman–Crippen LogP) is 2.50. The Hall–Kier alpha value is -2.80. The van der Waals surface area contributed by atoms with Gasteiger partial charge in [-0.05, 0) is 41.8 Å². The first kappa shape index (κ1) is 18.6. The van der Waals surface area contributed by atoms with E-state index in [1.54, 1.807) is 19.2 Å². The second-order valence-electron chi connectivity index (χ2n) is 7.03. The van der Waals surface area contributed by atoms with Crippen LogP contribution in [0.5, 0.6) is 17.2 Å². The van der Waals surface area contributed by atoms with Crippen molar-refractivity contribution >= 4 is 5.91 Å². The number of nitrogens with one attached hydrogen (secondary N) is 1. The van der Waals surface area contributed by atoms with E-state index in [0.717, 1.165) is 17.5 Å². The average Bonchev–Trinajstić information content (AvgIpc) is 3.31. The predicted molar refractivity (Wildman–Crippen MR) is 101 cm³/mol. The summed E-state index contributed by atoms with van der Waals surface area (Å²) in [5, 5.41) is 3.44. The van der Waals surface area contributed by atoms with Gasteiger partial charge >= 0.3 is 0 Å². The number of nitrogens with zero attached hydrogens (tertiary/aromatic N) is 1. The lowest BCUT2D eigenvalue weighted by atomic mass is 10.1. The lowest BCUT2D eigenvalue weighted by molar-refractivity contribution is -0.127. The average molecular weight is 386 g/mol. The highest BCUT2D eigenvalue weighted by Crippen LogP contribution is 2.41. The zero-order valence-electron chi connectivity index (χ0n) is 15.7. The lowest BCUT2D eigenvalue weighted by Gasteiger charge is -2.17. The Morgan fingerprint density at radius 3 is 2.82 bits per heavy atom. The molecule has 1 fully saturated rings. The van der Waals surface area contributed by atoms with Gasteiger partial charge in [0.05, 0.1) is 7.11 Å². The van der Waals surface area contributed by atoms with Crippen molar-refractivity contribution in [2.45, 2.75) is 25.4 Å². The van der Waals surface area contributed by atoms with Crippen LogP contribution in [-0.2, 0) is 17.8 Å². The molecule has 2 aromatic carbocycles. The number of hydrogen-bond acceptors (Lipinski definition) is 5. The maximum Gasteiger partial charge on any atom is 0.231 e. The third kappa shape index (κ3) is 4.04. The van der Waals surface area contributed by atoms with Gasteiger partial charge in [0, 0.05) is 32.1 Å². The molecule has 0 bridgehead atoms. The summed E-state index contributed by atoms with van der Waals surface area (Å²) >= 11 is 0. The van der Waals surface area contributed by atoms with E-state index in [-0.39, 0.29) is 24.6 Å². The van der Waals surface area contributed by atoms with Crippen molar-refractivity contribution in [2.75, 3.05) is 27.0 Å².